The third kappa shape index (κ3) is 3.87. The van der Waals surface area contributed by atoms with Crippen LogP contribution in [0.4, 0.5) is 0 Å². The Morgan fingerprint density at radius 2 is 2.50 bits per heavy atom. The van der Waals surface area contributed by atoms with Gasteiger partial charge in [-0.3, -0.25) is 0 Å². The van der Waals surface area contributed by atoms with E-state index in [1.165, 1.54) is 0 Å². The number of hydrogen-bond acceptors (Lipinski definition) is 4. The highest BCUT2D eigenvalue weighted by atomic mass is 16.5. The zero-order chi connectivity index (χ0) is 10.2. The number of aliphatic hydroxyl groups excluding tert-OH is 1. The maximum absolute atomic E-state index is 8.69. The first-order chi connectivity index (χ1) is 6.86. The molecule has 1 heterocycles. The third-order valence-corrected chi connectivity index (χ3v) is 1.83. The first-order valence-electron chi connectivity index (χ1n) is 4.68. The Morgan fingerprint density at radius 3 is 3.21 bits per heavy atom. The van der Waals surface area contributed by atoms with Crippen LogP contribution in [0.3, 0.4) is 0 Å². The normalized spacial score (nSPS) is 10.7. The van der Waals surface area contributed by atoms with Gasteiger partial charge in [-0.1, -0.05) is 0 Å². The molecule has 0 aliphatic heterocycles. The van der Waals surface area contributed by atoms with Crippen LogP contribution in [0.15, 0.2) is 12.5 Å². The molecule has 0 amide bonds. The molecule has 0 unspecified atom stereocenters. The first kappa shape index (κ1) is 11.2. The minimum Gasteiger partial charge on any atom is -0.395 e. The summed E-state index contributed by atoms with van der Waals surface area (Å²) in [4.78, 5) is 4.18. The SMILES string of the molecule is COCCNCc1cn(CCO)cn1. The van der Waals surface area contributed by atoms with Crippen molar-refractivity contribution >= 4 is 0 Å². The fourth-order valence-electron chi connectivity index (χ4n) is 1.13. The lowest BCUT2D eigenvalue weighted by atomic mass is 10.4. The van der Waals surface area contributed by atoms with Gasteiger partial charge in [-0.25, -0.2) is 4.98 Å². The van der Waals surface area contributed by atoms with Crippen LogP contribution < -0.4 is 5.32 Å². The summed E-state index contributed by atoms with van der Waals surface area (Å²) in [6.45, 7) is 3.01. The minimum absolute atomic E-state index is 0.146. The summed E-state index contributed by atoms with van der Waals surface area (Å²) in [6.07, 6.45) is 3.65. The van der Waals surface area contributed by atoms with Crippen LogP contribution in [-0.4, -0.2) is 41.5 Å². The Hall–Kier alpha value is -0.910. The summed E-state index contributed by atoms with van der Waals surface area (Å²) in [7, 11) is 1.68. The van der Waals surface area contributed by atoms with Crippen molar-refractivity contribution in [2.45, 2.75) is 13.1 Å². The van der Waals surface area contributed by atoms with Crippen LogP contribution in [0.5, 0.6) is 0 Å². The quantitative estimate of drug-likeness (QED) is 0.587. The molecule has 1 rings (SSSR count). The lowest BCUT2D eigenvalue weighted by molar-refractivity contribution is 0.199. The number of hydrogen-bond donors (Lipinski definition) is 2. The van der Waals surface area contributed by atoms with Crippen molar-refractivity contribution in [1.29, 1.82) is 0 Å². The summed E-state index contributed by atoms with van der Waals surface area (Å²) < 4.78 is 6.77. The topological polar surface area (TPSA) is 59.3 Å². The predicted molar refractivity (Wildman–Crippen MR) is 52.9 cm³/mol. The number of nitrogens with one attached hydrogen (secondary N) is 1. The summed E-state index contributed by atoms with van der Waals surface area (Å²) in [5.74, 6) is 0. The Bertz CT molecular complexity index is 250. The fraction of sp³-hybridized carbons (Fsp3) is 0.667. The highest BCUT2D eigenvalue weighted by Crippen LogP contribution is 1.94. The van der Waals surface area contributed by atoms with E-state index >= 15 is 0 Å². The van der Waals surface area contributed by atoms with Crippen molar-refractivity contribution in [3.8, 4) is 0 Å². The molecule has 0 atom stereocenters. The molecule has 14 heavy (non-hydrogen) atoms. The Kier molecular flexibility index (Phi) is 5.21. The molecular weight excluding hydrogens is 182 g/mol. The number of ether oxygens (including phenoxy) is 1. The molecule has 0 aliphatic carbocycles. The van der Waals surface area contributed by atoms with E-state index in [1.807, 2.05) is 10.8 Å². The van der Waals surface area contributed by atoms with Gasteiger partial charge in [-0.15, -0.1) is 0 Å². The molecule has 0 fully saturated rings. The maximum Gasteiger partial charge on any atom is 0.0950 e. The lowest BCUT2D eigenvalue weighted by Gasteiger charge is -2.00. The monoisotopic (exact) mass is 199 g/mol. The lowest BCUT2D eigenvalue weighted by Crippen LogP contribution is -2.18. The zero-order valence-corrected chi connectivity index (χ0v) is 8.44. The Balaban J connectivity index is 2.22. The van der Waals surface area contributed by atoms with Gasteiger partial charge in [-0.05, 0) is 0 Å². The Labute approximate surface area is 83.7 Å². The van der Waals surface area contributed by atoms with Gasteiger partial charge in [0.25, 0.3) is 0 Å². The maximum atomic E-state index is 8.69. The number of aliphatic hydroxyl groups is 1. The number of nitrogens with zero attached hydrogens (tertiary/aromatic N) is 2. The van der Waals surface area contributed by atoms with Crippen molar-refractivity contribution in [3.05, 3.63) is 18.2 Å². The summed E-state index contributed by atoms with van der Waals surface area (Å²) >= 11 is 0. The van der Waals surface area contributed by atoms with Gasteiger partial charge < -0.3 is 19.7 Å². The van der Waals surface area contributed by atoms with Crippen LogP contribution in [0.1, 0.15) is 5.69 Å². The molecule has 5 heteroatoms. The van der Waals surface area contributed by atoms with Crippen molar-refractivity contribution in [2.24, 2.45) is 0 Å². The van der Waals surface area contributed by atoms with Crippen LogP contribution in [0.2, 0.25) is 0 Å². The highest BCUT2D eigenvalue weighted by molar-refractivity contribution is 4.95. The van der Waals surface area contributed by atoms with Gasteiger partial charge in [0.15, 0.2) is 0 Å². The molecule has 2 N–H and O–H groups in total. The number of imidazole rings is 1. The van der Waals surface area contributed by atoms with Crippen LogP contribution in [-0.2, 0) is 17.8 Å². The molecule has 0 saturated heterocycles. The smallest absolute Gasteiger partial charge is 0.0950 e. The zero-order valence-electron chi connectivity index (χ0n) is 8.44. The van der Waals surface area contributed by atoms with Crippen LogP contribution >= 0.6 is 0 Å². The van der Waals surface area contributed by atoms with Crippen molar-refractivity contribution in [3.63, 3.8) is 0 Å². The Morgan fingerprint density at radius 1 is 1.64 bits per heavy atom. The van der Waals surface area contributed by atoms with Gasteiger partial charge >= 0.3 is 0 Å². The van der Waals surface area contributed by atoms with Gasteiger partial charge in [-0.2, -0.15) is 0 Å². The van der Waals surface area contributed by atoms with Crippen molar-refractivity contribution in [1.82, 2.24) is 14.9 Å². The molecule has 0 saturated carbocycles. The molecular formula is C9H17N3O2. The molecule has 1 aromatic heterocycles. The minimum atomic E-state index is 0.146. The highest BCUT2D eigenvalue weighted by Gasteiger charge is 1.97. The number of rotatable bonds is 7. The third-order valence-electron chi connectivity index (χ3n) is 1.83. The molecule has 0 aliphatic rings. The molecule has 1 aromatic rings. The van der Waals surface area contributed by atoms with Gasteiger partial charge in [0.05, 0.1) is 25.2 Å². The molecule has 0 spiro atoms. The molecule has 80 valence electrons. The van der Waals surface area contributed by atoms with Gasteiger partial charge in [0.2, 0.25) is 0 Å². The van der Waals surface area contributed by atoms with E-state index in [1.54, 1.807) is 13.4 Å². The first-order valence-corrected chi connectivity index (χ1v) is 4.68. The van der Waals surface area contributed by atoms with Gasteiger partial charge in [0.1, 0.15) is 0 Å². The van der Waals surface area contributed by atoms with Crippen LogP contribution in [0, 0.1) is 0 Å². The van der Waals surface area contributed by atoms with E-state index in [0.29, 0.717) is 13.2 Å². The van der Waals surface area contributed by atoms with E-state index in [-0.39, 0.29) is 6.61 Å². The molecule has 0 bridgehead atoms. The number of aromatic nitrogens is 2. The summed E-state index contributed by atoms with van der Waals surface area (Å²) in [5, 5.41) is 11.9. The van der Waals surface area contributed by atoms with E-state index in [9.17, 15) is 0 Å². The number of methoxy groups -OCH3 is 1. The second-order valence-electron chi connectivity index (χ2n) is 3.00. The average Bonchev–Trinajstić information content (AvgIpc) is 2.61. The van der Waals surface area contributed by atoms with E-state index in [2.05, 4.69) is 10.3 Å². The molecule has 0 radical (unpaired) electrons. The summed E-state index contributed by atoms with van der Waals surface area (Å²) in [5.41, 5.74) is 0.981. The standard InChI is InChI=1S/C9H17N3O2/c1-14-5-2-10-6-9-7-12(3-4-13)8-11-9/h7-8,10,13H,2-6H2,1H3. The second-order valence-corrected chi connectivity index (χ2v) is 3.00. The van der Waals surface area contributed by atoms with Crippen molar-refractivity contribution < 1.29 is 9.84 Å². The van der Waals surface area contributed by atoms with Crippen molar-refractivity contribution in [2.75, 3.05) is 26.9 Å². The second kappa shape index (κ2) is 6.53. The molecule has 5 nitrogen and oxygen atoms in total. The largest absolute Gasteiger partial charge is 0.395 e. The van der Waals surface area contributed by atoms with Gasteiger partial charge in [0, 0.05) is 32.9 Å². The summed E-state index contributed by atoms with van der Waals surface area (Å²) in [6, 6.07) is 0. The van der Waals surface area contributed by atoms with E-state index in [0.717, 1.165) is 18.8 Å². The fourth-order valence-corrected chi connectivity index (χ4v) is 1.13. The molecule has 0 aromatic carbocycles. The average molecular weight is 199 g/mol. The predicted octanol–water partition coefficient (Wildman–Crippen LogP) is -0.389. The van der Waals surface area contributed by atoms with E-state index in [4.69, 9.17) is 9.84 Å². The van der Waals surface area contributed by atoms with E-state index < -0.39 is 0 Å². The van der Waals surface area contributed by atoms with Crippen LogP contribution in [0.25, 0.3) is 0 Å².